The van der Waals surface area contributed by atoms with Gasteiger partial charge in [0.1, 0.15) is 11.5 Å². The molecule has 0 unspecified atom stereocenters. The molecule has 0 aliphatic carbocycles. The molecule has 0 saturated carbocycles. The van der Waals surface area contributed by atoms with Crippen molar-refractivity contribution in [2.75, 3.05) is 23.3 Å². The van der Waals surface area contributed by atoms with Crippen molar-refractivity contribution in [2.45, 2.75) is 19.3 Å². The smallest absolute Gasteiger partial charge is 0.248 e. The minimum absolute atomic E-state index is 0.277. The normalized spacial score (nSPS) is 14.2. The average molecular weight is 476 g/mol. The SMILES string of the molecule is O=C(C=Cc1ccc(-c2cccc(Cl)c2Cl)o1)Nc1ccc(N2CCCCC2)c(Cl)c1. The fourth-order valence-corrected chi connectivity index (χ4v) is 4.29. The topological polar surface area (TPSA) is 45.5 Å². The predicted molar refractivity (Wildman–Crippen MR) is 129 cm³/mol. The van der Waals surface area contributed by atoms with Crippen LogP contribution in [0.15, 0.2) is 59.0 Å². The molecular formula is C24H21Cl3N2O2. The number of piperidine rings is 1. The lowest BCUT2D eigenvalue weighted by Crippen LogP contribution is -2.29. The first-order valence-electron chi connectivity index (χ1n) is 10.1. The van der Waals surface area contributed by atoms with Gasteiger partial charge in [-0.15, -0.1) is 0 Å². The molecule has 0 bridgehead atoms. The fraction of sp³-hybridized carbons (Fsp3) is 0.208. The van der Waals surface area contributed by atoms with Crippen molar-refractivity contribution in [3.63, 3.8) is 0 Å². The van der Waals surface area contributed by atoms with Gasteiger partial charge in [-0.05, 0) is 67.8 Å². The van der Waals surface area contributed by atoms with E-state index in [2.05, 4.69) is 10.2 Å². The van der Waals surface area contributed by atoms with E-state index in [-0.39, 0.29) is 5.91 Å². The molecule has 160 valence electrons. The monoisotopic (exact) mass is 474 g/mol. The molecule has 1 amide bonds. The summed E-state index contributed by atoms with van der Waals surface area (Å²) >= 11 is 18.8. The van der Waals surface area contributed by atoms with Gasteiger partial charge >= 0.3 is 0 Å². The molecule has 0 radical (unpaired) electrons. The van der Waals surface area contributed by atoms with Crippen molar-refractivity contribution in [1.82, 2.24) is 0 Å². The second-order valence-electron chi connectivity index (χ2n) is 7.34. The molecule has 1 aromatic heterocycles. The minimum atomic E-state index is -0.277. The molecule has 1 saturated heterocycles. The second kappa shape index (κ2) is 9.82. The van der Waals surface area contributed by atoms with E-state index in [0.717, 1.165) is 18.8 Å². The average Bonchev–Trinajstić information content (AvgIpc) is 3.24. The highest BCUT2D eigenvalue weighted by atomic mass is 35.5. The van der Waals surface area contributed by atoms with E-state index in [1.807, 2.05) is 18.2 Å². The molecule has 7 heteroatoms. The molecule has 31 heavy (non-hydrogen) atoms. The van der Waals surface area contributed by atoms with Crippen LogP contribution in [0.25, 0.3) is 17.4 Å². The highest BCUT2D eigenvalue weighted by Gasteiger charge is 2.14. The number of carbonyl (C=O) groups excluding carboxylic acids is 1. The van der Waals surface area contributed by atoms with Crippen LogP contribution in [0, 0.1) is 0 Å². The van der Waals surface area contributed by atoms with Crippen molar-refractivity contribution in [3.05, 3.63) is 75.4 Å². The standard InChI is InChI=1S/C24H21Cl3N2O2/c25-19-6-4-5-18(24(19)27)22-11-8-17(31-22)9-12-23(30)28-16-7-10-21(20(26)15-16)29-13-2-1-3-14-29/h4-12,15H,1-3,13-14H2,(H,28,30). The van der Waals surface area contributed by atoms with Crippen LogP contribution < -0.4 is 10.2 Å². The van der Waals surface area contributed by atoms with Crippen LogP contribution in [0.2, 0.25) is 15.1 Å². The molecule has 0 atom stereocenters. The first-order valence-corrected chi connectivity index (χ1v) is 11.2. The van der Waals surface area contributed by atoms with E-state index >= 15 is 0 Å². The summed E-state index contributed by atoms with van der Waals surface area (Å²) in [7, 11) is 0. The number of rotatable bonds is 5. The lowest BCUT2D eigenvalue weighted by atomic mass is 10.1. The quantitative estimate of drug-likeness (QED) is 0.387. The molecule has 1 aliphatic heterocycles. The summed E-state index contributed by atoms with van der Waals surface area (Å²) in [5.74, 6) is 0.827. The number of hydrogen-bond donors (Lipinski definition) is 1. The summed E-state index contributed by atoms with van der Waals surface area (Å²) in [6.07, 6.45) is 6.63. The van der Waals surface area contributed by atoms with Crippen molar-refractivity contribution in [2.24, 2.45) is 0 Å². The zero-order valence-electron chi connectivity index (χ0n) is 16.7. The van der Waals surface area contributed by atoms with E-state index < -0.39 is 0 Å². The van der Waals surface area contributed by atoms with Gasteiger partial charge in [0.25, 0.3) is 0 Å². The molecule has 2 aromatic carbocycles. The maximum Gasteiger partial charge on any atom is 0.248 e. The van der Waals surface area contributed by atoms with Crippen LogP contribution in [-0.4, -0.2) is 19.0 Å². The zero-order valence-corrected chi connectivity index (χ0v) is 19.0. The van der Waals surface area contributed by atoms with Gasteiger partial charge in [0.05, 0.1) is 20.8 Å². The van der Waals surface area contributed by atoms with Gasteiger partial charge in [0, 0.05) is 30.4 Å². The van der Waals surface area contributed by atoms with Crippen molar-refractivity contribution in [3.8, 4) is 11.3 Å². The number of carbonyl (C=O) groups is 1. The number of nitrogens with one attached hydrogen (secondary N) is 1. The van der Waals surface area contributed by atoms with E-state index in [1.54, 1.807) is 36.4 Å². The largest absolute Gasteiger partial charge is 0.457 e. The summed E-state index contributed by atoms with van der Waals surface area (Å²) in [4.78, 5) is 14.6. The number of hydrogen-bond acceptors (Lipinski definition) is 3. The third-order valence-corrected chi connectivity index (χ3v) is 6.28. The Morgan fingerprint density at radius 1 is 0.968 bits per heavy atom. The van der Waals surface area contributed by atoms with Crippen LogP contribution in [0.5, 0.6) is 0 Å². The van der Waals surface area contributed by atoms with Crippen LogP contribution in [0.1, 0.15) is 25.0 Å². The van der Waals surface area contributed by atoms with Crippen molar-refractivity contribution in [1.29, 1.82) is 0 Å². The molecule has 3 aromatic rings. The Labute approximate surface area is 196 Å². The molecule has 1 aliphatic rings. The molecule has 4 nitrogen and oxygen atoms in total. The number of benzene rings is 2. The highest BCUT2D eigenvalue weighted by Crippen LogP contribution is 2.34. The highest BCUT2D eigenvalue weighted by molar-refractivity contribution is 6.43. The lowest BCUT2D eigenvalue weighted by Gasteiger charge is -2.29. The Hall–Kier alpha value is -2.40. The third-order valence-electron chi connectivity index (χ3n) is 5.15. The number of furan rings is 1. The Kier molecular flexibility index (Phi) is 6.91. The summed E-state index contributed by atoms with van der Waals surface area (Å²) in [5.41, 5.74) is 2.35. The summed E-state index contributed by atoms with van der Waals surface area (Å²) < 4.78 is 5.77. The molecule has 2 heterocycles. The lowest BCUT2D eigenvalue weighted by molar-refractivity contribution is -0.111. The van der Waals surface area contributed by atoms with E-state index in [4.69, 9.17) is 39.2 Å². The first kappa shape index (κ1) is 21.8. The Balaban J connectivity index is 1.40. The fourth-order valence-electron chi connectivity index (χ4n) is 3.60. The van der Waals surface area contributed by atoms with Crippen LogP contribution in [0.4, 0.5) is 11.4 Å². The molecule has 0 spiro atoms. The first-order chi connectivity index (χ1) is 15.0. The molecule has 1 N–H and O–H groups in total. The molecular weight excluding hydrogens is 455 g/mol. The maximum absolute atomic E-state index is 12.3. The van der Waals surface area contributed by atoms with Gasteiger partial charge in [0.15, 0.2) is 0 Å². The van der Waals surface area contributed by atoms with Gasteiger partial charge in [-0.2, -0.15) is 0 Å². The molecule has 4 rings (SSSR count). The van der Waals surface area contributed by atoms with E-state index in [9.17, 15) is 4.79 Å². The Morgan fingerprint density at radius 2 is 1.77 bits per heavy atom. The van der Waals surface area contributed by atoms with Crippen LogP contribution in [0.3, 0.4) is 0 Å². The maximum atomic E-state index is 12.3. The number of halogens is 3. The summed E-state index contributed by atoms with van der Waals surface area (Å²) in [5, 5.41) is 4.35. The van der Waals surface area contributed by atoms with Crippen LogP contribution >= 0.6 is 34.8 Å². The third kappa shape index (κ3) is 5.27. The molecule has 1 fully saturated rings. The van der Waals surface area contributed by atoms with Crippen LogP contribution in [-0.2, 0) is 4.79 Å². The number of anilines is 2. The Morgan fingerprint density at radius 3 is 2.55 bits per heavy atom. The van der Waals surface area contributed by atoms with Crippen molar-refractivity contribution >= 4 is 58.2 Å². The predicted octanol–water partition coefficient (Wildman–Crippen LogP) is 7.55. The number of nitrogens with zero attached hydrogens (tertiary/aromatic N) is 1. The van der Waals surface area contributed by atoms with Gasteiger partial charge < -0.3 is 14.6 Å². The van der Waals surface area contributed by atoms with E-state index in [1.165, 1.54) is 25.3 Å². The van der Waals surface area contributed by atoms with Gasteiger partial charge in [-0.1, -0.05) is 40.9 Å². The summed E-state index contributed by atoms with van der Waals surface area (Å²) in [6.45, 7) is 2.03. The summed E-state index contributed by atoms with van der Waals surface area (Å²) in [6, 6.07) is 14.5. The second-order valence-corrected chi connectivity index (χ2v) is 8.53. The Bertz CT molecular complexity index is 1120. The van der Waals surface area contributed by atoms with Gasteiger partial charge in [0.2, 0.25) is 5.91 Å². The zero-order chi connectivity index (χ0) is 21.8. The number of amides is 1. The van der Waals surface area contributed by atoms with Gasteiger partial charge in [-0.25, -0.2) is 0 Å². The van der Waals surface area contributed by atoms with Crippen molar-refractivity contribution < 1.29 is 9.21 Å². The van der Waals surface area contributed by atoms with E-state index in [0.29, 0.717) is 37.8 Å². The minimum Gasteiger partial charge on any atom is -0.457 e. The van der Waals surface area contributed by atoms with Gasteiger partial charge in [-0.3, -0.25) is 4.79 Å².